The van der Waals surface area contributed by atoms with E-state index in [4.69, 9.17) is 4.74 Å². The van der Waals surface area contributed by atoms with Crippen molar-refractivity contribution in [2.45, 2.75) is 12.5 Å². The molecule has 114 valence electrons. The SMILES string of the molecule is CN1C(=O)COC[C@@H]2CCN(C(=O)c3ccn(C)n3)C[C@@H]21. The number of aromatic nitrogens is 2. The molecule has 0 aromatic carbocycles. The van der Waals surface area contributed by atoms with Crippen LogP contribution in [0.1, 0.15) is 16.9 Å². The van der Waals surface area contributed by atoms with Crippen LogP contribution >= 0.6 is 0 Å². The monoisotopic (exact) mass is 292 g/mol. The van der Waals surface area contributed by atoms with Crippen LogP contribution in [0.3, 0.4) is 0 Å². The predicted octanol–water partition coefficient (Wildman–Crippen LogP) is -0.261. The van der Waals surface area contributed by atoms with Crippen LogP contribution in [0.2, 0.25) is 0 Å². The minimum atomic E-state index is -0.0694. The molecule has 3 heterocycles. The molecule has 2 aliphatic rings. The van der Waals surface area contributed by atoms with Crippen molar-refractivity contribution in [3.05, 3.63) is 18.0 Å². The van der Waals surface area contributed by atoms with Gasteiger partial charge in [-0.15, -0.1) is 0 Å². The van der Waals surface area contributed by atoms with Gasteiger partial charge < -0.3 is 14.5 Å². The summed E-state index contributed by atoms with van der Waals surface area (Å²) in [6, 6.07) is 1.75. The molecule has 7 nitrogen and oxygen atoms in total. The van der Waals surface area contributed by atoms with Crippen LogP contribution in [0.4, 0.5) is 0 Å². The fourth-order valence-corrected chi connectivity index (χ4v) is 3.07. The average molecular weight is 292 g/mol. The fraction of sp³-hybridized carbons (Fsp3) is 0.643. The molecule has 0 N–H and O–H groups in total. The largest absolute Gasteiger partial charge is 0.371 e. The number of rotatable bonds is 1. The van der Waals surface area contributed by atoms with Gasteiger partial charge in [-0.1, -0.05) is 0 Å². The average Bonchev–Trinajstić information content (AvgIpc) is 2.86. The van der Waals surface area contributed by atoms with E-state index in [-0.39, 0.29) is 24.5 Å². The molecule has 0 unspecified atom stereocenters. The van der Waals surface area contributed by atoms with E-state index in [2.05, 4.69) is 5.10 Å². The van der Waals surface area contributed by atoms with Crippen LogP contribution < -0.4 is 0 Å². The van der Waals surface area contributed by atoms with Crippen molar-refractivity contribution < 1.29 is 14.3 Å². The molecule has 2 saturated heterocycles. The number of amides is 2. The summed E-state index contributed by atoms with van der Waals surface area (Å²) in [5, 5.41) is 4.16. The molecule has 0 saturated carbocycles. The Labute approximate surface area is 123 Å². The second-order valence-corrected chi connectivity index (χ2v) is 5.76. The second-order valence-electron chi connectivity index (χ2n) is 5.76. The third kappa shape index (κ3) is 2.65. The van der Waals surface area contributed by atoms with Crippen molar-refractivity contribution in [3.63, 3.8) is 0 Å². The Hall–Kier alpha value is -1.89. The summed E-state index contributed by atoms with van der Waals surface area (Å²) in [5.74, 6) is 0.212. The highest BCUT2D eigenvalue weighted by atomic mass is 16.5. The van der Waals surface area contributed by atoms with Crippen molar-refractivity contribution in [1.29, 1.82) is 0 Å². The smallest absolute Gasteiger partial charge is 0.274 e. The number of hydrogen-bond acceptors (Lipinski definition) is 4. The standard InChI is InChI=1S/C14H20N4O3/c1-16-5-4-11(15-16)14(20)18-6-3-10-8-21-9-13(19)17(2)12(10)7-18/h4-5,10,12H,3,6-9H2,1-2H3/t10-,12-/m0/s1. The lowest BCUT2D eigenvalue weighted by Crippen LogP contribution is -2.54. The lowest BCUT2D eigenvalue weighted by Gasteiger charge is -2.40. The normalized spacial score (nSPS) is 26.5. The van der Waals surface area contributed by atoms with Gasteiger partial charge in [0, 0.05) is 39.3 Å². The Balaban J connectivity index is 1.75. The molecule has 0 bridgehead atoms. The number of carbonyl (C=O) groups excluding carboxylic acids is 2. The van der Waals surface area contributed by atoms with Gasteiger partial charge in [0.05, 0.1) is 12.6 Å². The molecule has 2 amide bonds. The van der Waals surface area contributed by atoms with E-state index in [1.54, 1.807) is 40.8 Å². The Bertz CT molecular complexity index is 556. The van der Waals surface area contributed by atoms with Crippen LogP contribution in [0.5, 0.6) is 0 Å². The molecule has 3 rings (SSSR count). The van der Waals surface area contributed by atoms with Crippen molar-refractivity contribution in [1.82, 2.24) is 19.6 Å². The fourth-order valence-electron chi connectivity index (χ4n) is 3.07. The van der Waals surface area contributed by atoms with Crippen LogP contribution in [-0.2, 0) is 16.6 Å². The van der Waals surface area contributed by atoms with Gasteiger partial charge in [-0.3, -0.25) is 14.3 Å². The summed E-state index contributed by atoms with van der Waals surface area (Å²) in [6.07, 6.45) is 2.61. The number of hydrogen-bond donors (Lipinski definition) is 0. The van der Waals surface area contributed by atoms with Crippen molar-refractivity contribution in [2.75, 3.05) is 33.4 Å². The van der Waals surface area contributed by atoms with E-state index in [0.717, 1.165) is 6.42 Å². The number of ether oxygens (including phenoxy) is 1. The topological polar surface area (TPSA) is 67.7 Å². The molecule has 2 atom stereocenters. The molecule has 0 spiro atoms. The molecule has 7 heteroatoms. The van der Waals surface area contributed by atoms with Gasteiger partial charge in [-0.2, -0.15) is 5.10 Å². The zero-order chi connectivity index (χ0) is 15.0. The highest BCUT2D eigenvalue weighted by Crippen LogP contribution is 2.25. The zero-order valence-corrected chi connectivity index (χ0v) is 12.4. The summed E-state index contributed by atoms with van der Waals surface area (Å²) in [6.45, 7) is 1.96. The van der Waals surface area contributed by atoms with E-state index in [9.17, 15) is 9.59 Å². The first-order chi connectivity index (χ1) is 10.1. The summed E-state index contributed by atoms with van der Waals surface area (Å²) in [4.78, 5) is 27.9. The Morgan fingerprint density at radius 3 is 2.95 bits per heavy atom. The Kier molecular flexibility index (Phi) is 3.67. The van der Waals surface area contributed by atoms with Crippen LogP contribution in [-0.4, -0.2) is 70.8 Å². The first-order valence-electron chi connectivity index (χ1n) is 7.18. The third-order valence-corrected chi connectivity index (χ3v) is 4.39. The van der Waals surface area contributed by atoms with Gasteiger partial charge in [0.1, 0.15) is 12.3 Å². The maximum Gasteiger partial charge on any atom is 0.274 e. The lowest BCUT2D eigenvalue weighted by molar-refractivity contribution is -0.134. The van der Waals surface area contributed by atoms with Crippen LogP contribution in [0.15, 0.2) is 12.3 Å². The number of carbonyl (C=O) groups is 2. The minimum absolute atomic E-state index is 0.0189. The molecule has 0 radical (unpaired) electrons. The summed E-state index contributed by atoms with van der Waals surface area (Å²) < 4.78 is 7.04. The number of fused-ring (bicyclic) bond motifs is 1. The number of aryl methyl sites for hydroxylation is 1. The molecule has 0 aliphatic carbocycles. The van der Waals surface area contributed by atoms with Crippen molar-refractivity contribution >= 4 is 11.8 Å². The minimum Gasteiger partial charge on any atom is -0.371 e. The predicted molar refractivity (Wildman–Crippen MR) is 74.6 cm³/mol. The molecular formula is C14H20N4O3. The summed E-state index contributed by atoms with van der Waals surface area (Å²) >= 11 is 0. The molecular weight excluding hydrogens is 272 g/mol. The van der Waals surface area contributed by atoms with Gasteiger partial charge in [-0.05, 0) is 12.5 Å². The highest BCUT2D eigenvalue weighted by molar-refractivity contribution is 5.92. The number of likely N-dealkylation sites (tertiary alicyclic amines) is 1. The van der Waals surface area contributed by atoms with E-state index in [1.807, 2.05) is 0 Å². The summed E-state index contributed by atoms with van der Waals surface area (Å²) in [5.41, 5.74) is 0.454. The molecule has 1 aromatic heterocycles. The summed E-state index contributed by atoms with van der Waals surface area (Å²) in [7, 11) is 3.58. The van der Waals surface area contributed by atoms with Gasteiger partial charge >= 0.3 is 0 Å². The second kappa shape index (κ2) is 5.48. The molecule has 1 aromatic rings. The number of nitrogens with zero attached hydrogens (tertiary/aromatic N) is 4. The van der Waals surface area contributed by atoms with E-state index in [0.29, 0.717) is 31.3 Å². The van der Waals surface area contributed by atoms with Crippen molar-refractivity contribution in [2.24, 2.45) is 13.0 Å². The van der Waals surface area contributed by atoms with Crippen molar-refractivity contribution in [3.8, 4) is 0 Å². The van der Waals surface area contributed by atoms with Crippen LogP contribution in [0, 0.1) is 5.92 Å². The molecule has 2 fully saturated rings. The van der Waals surface area contributed by atoms with Gasteiger partial charge in [-0.25, -0.2) is 0 Å². The zero-order valence-electron chi connectivity index (χ0n) is 12.4. The van der Waals surface area contributed by atoms with E-state index in [1.165, 1.54) is 0 Å². The highest BCUT2D eigenvalue weighted by Gasteiger charge is 2.38. The first-order valence-corrected chi connectivity index (χ1v) is 7.18. The van der Waals surface area contributed by atoms with Gasteiger partial charge in [0.15, 0.2) is 0 Å². The Morgan fingerprint density at radius 2 is 2.24 bits per heavy atom. The quantitative estimate of drug-likeness (QED) is 0.715. The molecule has 21 heavy (non-hydrogen) atoms. The van der Waals surface area contributed by atoms with E-state index >= 15 is 0 Å². The van der Waals surface area contributed by atoms with Gasteiger partial charge in [0.2, 0.25) is 5.91 Å². The maximum atomic E-state index is 12.5. The van der Waals surface area contributed by atoms with E-state index < -0.39 is 0 Å². The van der Waals surface area contributed by atoms with Crippen LogP contribution in [0.25, 0.3) is 0 Å². The Morgan fingerprint density at radius 1 is 1.43 bits per heavy atom. The lowest BCUT2D eigenvalue weighted by atomic mass is 9.91. The maximum absolute atomic E-state index is 12.5. The first kappa shape index (κ1) is 14.1. The third-order valence-electron chi connectivity index (χ3n) is 4.39. The molecule has 2 aliphatic heterocycles. The number of piperidine rings is 1. The number of likely N-dealkylation sites (N-methyl/N-ethyl adjacent to an activating group) is 1. The van der Waals surface area contributed by atoms with Gasteiger partial charge in [0.25, 0.3) is 5.91 Å².